The number of amides is 1. The predicted octanol–water partition coefficient (Wildman–Crippen LogP) is 1.65. The molecule has 0 saturated carbocycles. The fourth-order valence-electron chi connectivity index (χ4n) is 4.33. The minimum Gasteiger partial charge on any atom is -0.393 e. The first-order valence-electron chi connectivity index (χ1n) is 10.0. The molecule has 0 radical (unpaired) electrons. The zero-order valence-corrected chi connectivity index (χ0v) is 16.2. The van der Waals surface area contributed by atoms with Gasteiger partial charge in [-0.15, -0.1) is 5.10 Å². The number of likely N-dealkylation sites (tertiary alicyclic amines) is 1. The smallest absolute Gasteiger partial charge is 0.253 e. The molecule has 4 rings (SSSR count). The van der Waals surface area contributed by atoms with Crippen molar-refractivity contribution in [3.05, 3.63) is 41.7 Å². The number of hydrogen-bond acceptors (Lipinski definition) is 6. The first-order chi connectivity index (χ1) is 13.6. The monoisotopic (exact) mass is 385 g/mol. The lowest BCUT2D eigenvalue weighted by molar-refractivity contribution is -0.179. The van der Waals surface area contributed by atoms with E-state index in [4.69, 9.17) is 4.74 Å². The van der Waals surface area contributed by atoms with Crippen LogP contribution in [-0.2, 0) is 11.3 Å². The van der Waals surface area contributed by atoms with Gasteiger partial charge < -0.3 is 14.7 Å². The Labute approximate surface area is 164 Å². The number of piperidine rings is 1. The fraction of sp³-hybridized carbons (Fsp3) is 0.600. The number of aliphatic hydroxyl groups excluding tert-OH is 1. The number of tetrazole rings is 1. The molecule has 1 spiro atoms. The molecule has 0 unspecified atom stereocenters. The highest BCUT2D eigenvalue weighted by Crippen LogP contribution is 2.38. The van der Waals surface area contributed by atoms with Crippen LogP contribution in [-0.4, -0.2) is 67.0 Å². The van der Waals surface area contributed by atoms with Crippen LogP contribution in [0.3, 0.4) is 0 Å². The van der Waals surface area contributed by atoms with Gasteiger partial charge in [-0.2, -0.15) is 0 Å². The van der Waals surface area contributed by atoms with Crippen LogP contribution in [0.15, 0.2) is 30.6 Å². The van der Waals surface area contributed by atoms with Crippen molar-refractivity contribution in [1.82, 2.24) is 25.1 Å². The first-order valence-corrected chi connectivity index (χ1v) is 10.0. The van der Waals surface area contributed by atoms with Gasteiger partial charge in [0.15, 0.2) is 0 Å². The van der Waals surface area contributed by atoms with E-state index in [0.717, 1.165) is 31.2 Å². The third kappa shape index (κ3) is 4.07. The molecule has 0 bridgehead atoms. The number of nitrogens with zero attached hydrogens (tertiary/aromatic N) is 5. The Morgan fingerprint density at radius 3 is 2.68 bits per heavy atom. The van der Waals surface area contributed by atoms with Crippen molar-refractivity contribution in [2.75, 3.05) is 13.1 Å². The second-order valence-electron chi connectivity index (χ2n) is 7.92. The van der Waals surface area contributed by atoms with Gasteiger partial charge in [-0.1, -0.05) is 19.1 Å². The van der Waals surface area contributed by atoms with Gasteiger partial charge in [-0.05, 0) is 53.8 Å². The number of benzene rings is 1. The van der Waals surface area contributed by atoms with Crippen molar-refractivity contribution in [3.63, 3.8) is 0 Å². The quantitative estimate of drug-likeness (QED) is 0.860. The molecule has 2 saturated heterocycles. The van der Waals surface area contributed by atoms with Gasteiger partial charge in [0.05, 0.1) is 24.4 Å². The summed E-state index contributed by atoms with van der Waals surface area (Å²) in [4.78, 5) is 14.8. The lowest BCUT2D eigenvalue weighted by atomic mass is 9.81. The largest absolute Gasteiger partial charge is 0.393 e. The van der Waals surface area contributed by atoms with Crippen LogP contribution in [0.2, 0.25) is 0 Å². The lowest BCUT2D eigenvalue weighted by Gasteiger charge is -2.47. The van der Waals surface area contributed by atoms with Crippen molar-refractivity contribution < 1.29 is 14.6 Å². The first kappa shape index (κ1) is 19.0. The van der Waals surface area contributed by atoms with Gasteiger partial charge >= 0.3 is 0 Å². The van der Waals surface area contributed by atoms with Crippen LogP contribution in [0.1, 0.15) is 54.9 Å². The van der Waals surface area contributed by atoms with Crippen molar-refractivity contribution in [2.24, 2.45) is 0 Å². The highest BCUT2D eigenvalue weighted by atomic mass is 16.5. The maximum atomic E-state index is 12.9. The number of aliphatic hydroxyl groups is 1. The Morgan fingerprint density at radius 1 is 1.29 bits per heavy atom. The molecule has 1 aromatic heterocycles. The molecule has 28 heavy (non-hydrogen) atoms. The summed E-state index contributed by atoms with van der Waals surface area (Å²) in [6, 6.07) is 7.60. The standard InChI is InChI=1S/C20H27N5O3/c1-2-18-11-17(26)12-20(28-18)7-9-24(10-8-20)19(27)16-5-3-15(4-6-16)13-25-14-21-22-23-25/h3-6,14,17-18,26H,2,7-13H2,1H3/t17-,18+/m1/s1. The minimum absolute atomic E-state index is 0.0484. The summed E-state index contributed by atoms with van der Waals surface area (Å²) in [5, 5.41) is 21.3. The number of carbonyl (C=O) groups is 1. The molecule has 2 aliphatic rings. The summed E-state index contributed by atoms with van der Waals surface area (Å²) >= 11 is 0. The highest BCUT2D eigenvalue weighted by Gasteiger charge is 2.43. The van der Waals surface area contributed by atoms with E-state index in [1.165, 1.54) is 0 Å². The number of rotatable bonds is 4. The van der Waals surface area contributed by atoms with E-state index in [9.17, 15) is 9.90 Å². The Kier molecular flexibility index (Phi) is 5.41. The van der Waals surface area contributed by atoms with E-state index in [1.54, 1.807) is 11.0 Å². The Balaban J connectivity index is 1.36. The summed E-state index contributed by atoms with van der Waals surface area (Å²) in [5.41, 5.74) is 1.45. The summed E-state index contributed by atoms with van der Waals surface area (Å²) in [7, 11) is 0. The Bertz CT molecular complexity index is 785. The number of hydrogen-bond donors (Lipinski definition) is 1. The second kappa shape index (κ2) is 7.97. The number of carbonyl (C=O) groups excluding carboxylic acids is 1. The lowest BCUT2D eigenvalue weighted by Crippen LogP contribution is -2.53. The van der Waals surface area contributed by atoms with Crippen LogP contribution in [0.4, 0.5) is 0 Å². The van der Waals surface area contributed by atoms with Crippen molar-refractivity contribution in [2.45, 2.75) is 63.4 Å². The summed E-state index contributed by atoms with van der Waals surface area (Å²) < 4.78 is 7.96. The molecule has 8 nitrogen and oxygen atoms in total. The van der Waals surface area contributed by atoms with Gasteiger partial charge in [0.2, 0.25) is 0 Å². The Morgan fingerprint density at radius 2 is 2.04 bits per heavy atom. The fourth-order valence-corrected chi connectivity index (χ4v) is 4.33. The molecule has 0 aliphatic carbocycles. The average molecular weight is 385 g/mol. The minimum atomic E-state index is -0.298. The van der Waals surface area contributed by atoms with Crippen molar-refractivity contribution in [1.29, 1.82) is 0 Å². The van der Waals surface area contributed by atoms with E-state index in [1.807, 2.05) is 29.2 Å². The molecule has 2 aromatic rings. The van der Waals surface area contributed by atoms with Crippen LogP contribution in [0, 0.1) is 0 Å². The van der Waals surface area contributed by atoms with Crippen LogP contribution in [0.5, 0.6) is 0 Å². The molecule has 3 heterocycles. The molecular formula is C20H27N5O3. The van der Waals surface area contributed by atoms with Crippen LogP contribution < -0.4 is 0 Å². The van der Waals surface area contributed by atoms with Gasteiger partial charge in [-0.3, -0.25) is 4.79 Å². The van der Waals surface area contributed by atoms with Gasteiger partial charge in [0.25, 0.3) is 5.91 Å². The third-order valence-corrected chi connectivity index (χ3v) is 5.91. The van der Waals surface area contributed by atoms with E-state index in [0.29, 0.717) is 31.6 Å². The summed E-state index contributed by atoms with van der Waals surface area (Å²) in [5.74, 6) is 0.0484. The van der Waals surface area contributed by atoms with E-state index in [-0.39, 0.29) is 23.7 Å². The predicted molar refractivity (Wildman–Crippen MR) is 102 cm³/mol. The molecule has 2 fully saturated rings. The van der Waals surface area contributed by atoms with Crippen LogP contribution >= 0.6 is 0 Å². The zero-order chi connectivity index (χ0) is 19.6. The highest BCUT2D eigenvalue weighted by molar-refractivity contribution is 5.94. The average Bonchev–Trinajstić information content (AvgIpc) is 3.21. The molecule has 1 N–H and O–H groups in total. The zero-order valence-electron chi connectivity index (χ0n) is 16.2. The normalized spacial score (nSPS) is 24.4. The van der Waals surface area contributed by atoms with E-state index in [2.05, 4.69) is 22.4 Å². The third-order valence-electron chi connectivity index (χ3n) is 5.91. The van der Waals surface area contributed by atoms with Crippen LogP contribution in [0.25, 0.3) is 0 Å². The van der Waals surface area contributed by atoms with E-state index < -0.39 is 0 Å². The second-order valence-corrected chi connectivity index (χ2v) is 7.92. The maximum Gasteiger partial charge on any atom is 0.253 e. The topological polar surface area (TPSA) is 93.4 Å². The van der Waals surface area contributed by atoms with Crippen molar-refractivity contribution >= 4 is 5.91 Å². The summed E-state index contributed by atoms with van der Waals surface area (Å²) in [6.07, 6.45) is 5.27. The number of aromatic nitrogens is 4. The van der Waals surface area contributed by atoms with Gasteiger partial charge in [0.1, 0.15) is 6.33 Å². The molecule has 150 valence electrons. The van der Waals surface area contributed by atoms with Crippen molar-refractivity contribution in [3.8, 4) is 0 Å². The SMILES string of the molecule is CC[C@H]1C[C@@H](O)CC2(CCN(C(=O)c3ccc(Cn4cnnn4)cc3)CC2)O1. The molecule has 2 atom stereocenters. The molecule has 2 aliphatic heterocycles. The van der Waals surface area contributed by atoms with E-state index >= 15 is 0 Å². The van der Waals surface area contributed by atoms with Gasteiger partial charge in [-0.25, -0.2) is 4.68 Å². The molecular weight excluding hydrogens is 358 g/mol. The maximum absolute atomic E-state index is 12.9. The molecule has 1 aromatic carbocycles. The Hall–Kier alpha value is -2.32. The number of ether oxygens (including phenoxy) is 1. The van der Waals surface area contributed by atoms with Gasteiger partial charge in [0, 0.05) is 25.1 Å². The molecule has 8 heteroatoms. The molecule has 1 amide bonds. The summed E-state index contributed by atoms with van der Waals surface area (Å²) in [6.45, 7) is 3.99.